The Morgan fingerprint density at radius 1 is 1.22 bits per heavy atom. The molecule has 0 spiro atoms. The zero-order chi connectivity index (χ0) is 31.7. The van der Waals surface area contributed by atoms with Crippen LogP contribution in [0.25, 0.3) is 21.8 Å². The second-order valence-corrected chi connectivity index (χ2v) is 14.0. The fourth-order valence-electron chi connectivity index (χ4n) is 8.57. The fourth-order valence-corrected chi connectivity index (χ4v) is 9.07. The first-order chi connectivity index (χ1) is 21.6. The molecule has 2 aromatic heterocycles. The number of nitrogens with zero attached hydrogens (tertiary/aromatic N) is 6. The lowest BCUT2D eigenvalue weighted by Gasteiger charge is -2.40. The summed E-state index contributed by atoms with van der Waals surface area (Å²) in [5.74, 6) is -0.0779. The van der Waals surface area contributed by atoms with Gasteiger partial charge < -0.3 is 24.2 Å². The first kappa shape index (κ1) is 30.2. The maximum absolute atomic E-state index is 16.3. The molecule has 238 valence electrons. The van der Waals surface area contributed by atoms with Crippen molar-refractivity contribution in [2.75, 3.05) is 26.7 Å². The van der Waals surface area contributed by atoms with Crippen molar-refractivity contribution in [2.45, 2.75) is 89.1 Å². The van der Waals surface area contributed by atoms with Crippen molar-refractivity contribution < 1.29 is 23.8 Å². The number of rotatable bonds is 7. The first-order valence-corrected chi connectivity index (χ1v) is 16.8. The van der Waals surface area contributed by atoms with Gasteiger partial charge >= 0.3 is 6.09 Å². The van der Waals surface area contributed by atoms with Crippen molar-refractivity contribution in [2.24, 2.45) is 5.92 Å². The van der Waals surface area contributed by atoms with Crippen LogP contribution in [0.2, 0.25) is 0 Å². The van der Waals surface area contributed by atoms with E-state index < -0.39 is 11.9 Å². The zero-order valence-electron chi connectivity index (χ0n) is 25.8. The number of pyridine rings is 1. The number of carbonyl (C=O) groups is 2. The van der Waals surface area contributed by atoms with Crippen LogP contribution in [0.15, 0.2) is 16.6 Å². The van der Waals surface area contributed by atoms with E-state index in [9.17, 15) is 20.0 Å². The van der Waals surface area contributed by atoms with Gasteiger partial charge in [0.05, 0.1) is 39.6 Å². The molecule has 6 heterocycles. The summed E-state index contributed by atoms with van der Waals surface area (Å²) in [6, 6.07) is 5.76. The van der Waals surface area contributed by atoms with Crippen LogP contribution in [0.3, 0.4) is 0 Å². The highest BCUT2D eigenvalue weighted by atomic mass is 79.9. The Morgan fingerprint density at radius 2 is 2.00 bits per heavy atom. The molecule has 1 aromatic carbocycles. The van der Waals surface area contributed by atoms with Crippen LogP contribution >= 0.6 is 15.9 Å². The van der Waals surface area contributed by atoms with Gasteiger partial charge in [-0.2, -0.15) is 5.26 Å². The van der Waals surface area contributed by atoms with Crippen molar-refractivity contribution >= 4 is 49.7 Å². The number of aryl methyl sites for hydroxylation is 1. The summed E-state index contributed by atoms with van der Waals surface area (Å²) in [4.78, 5) is 35.6. The minimum absolute atomic E-state index is 0.0100. The van der Waals surface area contributed by atoms with E-state index in [0.29, 0.717) is 36.3 Å². The predicted octanol–water partition coefficient (Wildman–Crippen LogP) is 6.02. The van der Waals surface area contributed by atoms with Crippen molar-refractivity contribution in [3.63, 3.8) is 0 Å². The van der Waals surface area contributed by atoms with Gasteiger partial charge in [0.1, 0.15) is 11.6 Å². The zero-order valence-corrected chi connectivity index (χ0v) is 27.4. The minimum atomic E-state index is -0.937. The number of likely N-dealkylation sites (tertiary alicyclic amines) is 2. The van der Waals surface area contributed by atoms with Gasteiger partial charge in [-0.25, -0.2) is 14.2 Å². The third kappa shape index (κ3) is 4.76. The summed E-state index contributed by atoms with van der Waals surface area (Å²) >= 11 is 3.45. The largest absolute Gasteiger partial charge is 0.472 e. The van der Waals surface area contributed by atoms with E-state index >= 15 is 4.39 Å². The standard InChI is InChI=1S/C33H38BrFN6O4/c1-17(23-8-5-11-38(23)3)45-32-22-15-25(24-9-6-12-39(24)18(2)42)41(30-20-14-26(30)40(16-20)33(43)44)31(22)21-13-19(7-4-10-36)27(34)28(35)29(21)37-32/h13,15,17,20,23-24,26,30H,4-9,11-12,14,16H2,1-3H3,(H,43,44)/t17?,20-,23+,24-,26-,30+/m1/s1. The molecule has 1 saturated carbocycles. The molecule has 1 N–H and O–H groups in total. The van der Waals surface area contributed by atoms with Gasteiger partial charge in [0.25, 0.3) is 0 Å². The highest BCUT2D eigenvalue weighted by Gasteiger charge is 2.56. The molecule has 5 aliphatic rings. The molecule has 4 saturated heterocycles. The summed E-state index contributed by atoms with van der Waals surface area (Å²) in [6.45, 7) is 5.69. The average Bonchev–Trinajstić information content (AvgIpc) is 3.82. The van der Waals surface area contributed by atoms with Gasteiger partial charge in [-0.15, -0.1) is 0 Å². The number of halogens is 2. The minimum Gasteiger partial charge on any atom is -0.472 e. The number of aromatic nitrogens is 2. The number of ether oxygens (including phenoxy) is 1. The molecule has 2 amide bonds. The lowest BCUT2D eigenvalue weighted by atomic mass is 9.79. The van der Waals surface area contributed by atoms with Gasteiger partial charge in [0.2, 0.25) is 11.8 Å². The van der Waals surface area contributed by atoms with Crippen LogP contribution < -0.4 is 4.74 Å². The first-order valence-electron chi connectivity index (χ1n) is 16.0. The number of amides is 2. The highest BCUT2D eigenvalue weighted by Crippen LogP contribution is 2.54. The Morgan fingerprint density at radius 3 is 2.67 bits per heavy atom. The van der Waals surface area contributed by atoms with Crippen LogP contribution in [0.1, 0.15) is 75.7 Å². The summed E-state index contributed by atoms with van der Waals surface area (Å²) in [5.41, 5.74) is 2.50. The summed E-state index contributed by atoms with van der Waals surface area (Å²) < 4.78 is 25.5. The van der Waals surface area contributed by atoms with E-state index in [1.807, 2.05) is 17.9 Å². The molecule has 8 rings (SSSR count). The number of hydrogen-bond donors (Lipinski definition) is 1. The smallest absolute Gasteiger partial charge is 0.407 e. The van der Waals surface area contributed by atoms with Gasteiger partial charge in [0, 0.05) is 49.5 Å². The summed E-state index contributed by atoms with van der Waals surface area (Å²) in [5, 5.41) is 20.7. The topological polar surface area (TPSA) is 115 Å². The molecule has 4 aliphatic heterocycles. The maximum atomic E-state index is 16.3. The number of benzene rings is 1. The Labute approximate surface area is 269 Å². The Kier molecular flexibility index (Phi) is 7.68. The molecule has 2 bridgehead atoms. The Bertz CT molecular complexity index is 1750. The Hall–Kier alpha value is -3.43. The lowest BCUT2D eigenvalue weighted by Crippen LogP contribution is -2.43. The number of fused-ring (bicyclic) bond motifs is 4. The third-order valence-electron chi connectivity index (χ3n) is 10.7. The number of carboxylic acid groups (broad SMARTS) is 1. The third-order valence-corrected chi connectivity index (χ3v) is 11.6. The van der Waals surface area contributed by atoms with Crippen LogP contribution in [0.4, 0.5) is 9.18 Å². The van der Waals surface area contributed by atoms with E-state index in [1.54, 1.807) is 6.92 Å². The summed E-state index contributed by atoms with van der Waals surface area (Å²) in [6.07, 6.45) is 3.93. The molecular weight excluding hydrogens is 643 g/mol. The van der Waals surface area contributed by atoms with Crippen LogP contribution in [0, 0.1) is 23.1 Å². The second kappa shape index (κ2) is 11.4. The molecule has 10 nitrogen and oxygen atoms in total. The predicted molar refractivity (Wildman–Crippen MR) is 170 cm³/mol. The molecule has 0 radical (unpaired) electrons. The monoisotopic (exact) mass is 680 g/mol. The second-order valence-electron chi connectivity index (χ2n) is 13.2. The van der Waals surface area contributed by atoms with E-state index in [2.05, 4.69) is 44.6 Å². The molecular formula is C33H38BrFN6O4. The van der Waals surface area contributed by atoms with E-state index in [1.165, 1.54) is 4.90 Å². The van der Waals surface area contributed by atoms with Gasteiger partial charge in [-0.1, -0.05) is 0 Å². The van der Waals surface area contributed by atoms with Crippen molar-refractivity contribution in [1.82, 2.24) is 24.3 Å². The number of hydrogen-bond acceptors (Lipinski definition) is 6. The van der Waals surface area contributed by atoms with Crippen molar-refractivity contribution in [1.29, 1.82) is 5.26 Å². The number of carbonyl (C=O) groups excluding carboxylic acids is 1. The molecule has 5 fully saturated rings. The lowest BCUT2D eigenvalue weighted by molar-refractivity contribution is -0.129. The molecule has 1 unspecified atom stereocenters. The van der Waals surface area contributed by atoms with Gasteiger partial charge in [-0.3, -0.25) is 9.69 Å². The van der Waals surface area contributed by atoms with Crippen LogP contribution in [0.5, 0.6) is 5.88 Å². The van der Waals surface area contributed by atoms with Crippen LogP contribution in [-0.4, -0.2) is 86.2 Å². The van der Waals surface area contributed by atoms with Crippen molar-refractivity contribution in [3.8, 4) is 11.9 Å². The molecule has 12 heteroatoms. The molecule has 3 aromatic rings. The average molecular weight is 682 g/mol. The molecule has 1 aliphatic carbocycles. The molecule has 6 atom stereocenters. The van der Waals surface area contributed by atoms with E-state index in [0.717, 1.165) is 55.2 Å². The van der Waals surface area contributed by atoms with Gasteiger partial charge in [-0.05, 0) is 92.7 Å². The SMILES string of the molecule is CC(=O)N1CCC[C@@H]1c1cc2c(OC(C)[C@@H]3CCCN3C)nc3c(F)c(Br)c(CCC#N)cc3c2n1[C@H]1[C@@H]2C[C@H]1N(C(=O)O)C2. The summed E-state index contributed by atoms with van der Waals surface area (Å²) in [7, 11) is 2.09. The normalized spacial score (nSPS) is 26.9. The maximum Gasteiger partial charge on any atom is 0.407 e. The fraction of sp³-hybridized carbons (Fsp3) is 0.576. The number of nitriles is 1. The van der Waals surface area contributed by atoms with E-state index in [-0.39, 0.29) is 58.5 Å². The Balaban J connectivity index is 1.51. The quantitative estimate of drug-likeness (QED) is 0.325. The van der Waals surface area contributed by atoms with E-state index in [4.69, 9.17) is 9.72 Å². The van der Waals surface area contributed by atoms with Crippen molar-refractivity contribution in [3.05, 3.63) is 33.7 Å². The number of likely N-dealkylation sites (N-methyl/N-ethyl adjacent to an activating group) is 1. The van der Waals surface area contributed by atoms with Crippen LogP contribution in [-0.2, 0) is 11.2 Å². The highest BCUT2D eigenvalue weighted by molar-refractivity contribution is 9.10. The molecule has 45 heavy (non-hydrogen) atoms. The van der Waals surface area contributed by atoms with Gasteiger partial charge in [0.15, 0.2) is 5.82 Å².